The number of fused-ring (bicyclic) bond motifs is 2. The van der Waals surface area contributed by atoms with Gasteiger partial charge in [0, 0.05) is 50.0 Å². The first kappa shape index (κ1) is 26.1. The zero-order chi connectivity index (χ0) is 27.4. The van der Waals surface area contributed by atoms with Gasteiger partial charge in [0.25, 0.3) is 17.6 Å². The molecule has 1 N–H and O–H groups in total. The second kappa shape index (κ2) is 9.33. The van der Waals surface area contributed by atoms with Crippen molar-refractivity contribution < 1.29 is 27.9 Å². The van der Waals surface area contributed by atoms with Crippen molar-refractivity contribution in [2.24, 2.45) is 0 Å². The van der Waals surface area contributed by atoms with Gasteiger partial charge in [-0.2, -0.15) is 4.31 Å². The van der Waals surface area contributed by atoms with Gasteiger partial charge in [-0.15, -0.1) is 0 Å². The zero-order valence-corrected chi connectivity index (χ0v) is 22.4. The summed E-state index contributed by atoms with van der Waals surface area (Å²) in [6.07, 6.45) is 1.60. The number of anilines is 1. The number of likely N-dealkylation sites (N-methyl/N-ethyl adjacent to an activating group) is 2. The Balaban J connectivity index is 1.67. The van der Waals surface area contributed by atoms with Crippen molar-refractivity contribution in [3.05, 3.63) is 65.2 Å². The fourth-order valence-electron chi connectivity index (χ4n) is 5.58. The number of hydrogen-bond donors (Lipinski definition) is 1. The number of amides is 2. The summed E-state index contributed by atoms with van der Waals surface area (Å²) >= 11 is 0. The third kappa shape index (κ3) is 3.68. The molecule has 0 bridgehead atoms. The van der Waals surface area contributed by atoms with E-state index in [-0.39, 0.29) is 22.6 Å². The van der Waals surface area contributed by atoms with E-state index >= 15 is 0 Å². The molecule has 5 rings (SSSR count). The van der Waals surface area contributed by atoms with Gasteiger partial charge in [0.1, 0.15) is 5.76 Å². The molecule has 2 aromatic carbocycles. The molecule has 0 radical (unpaired) electrons. The molecule has 3 aliphatic heterocycles. The van der Waals surface area contributed by atoms with Crippen molar-refractivity contribution in [3.63, 3.8) is 0 Å². The highest BCUT2D eigenvalue weighted by Crippen LogP contribution is 2.53. The van der Waals surface area contributed by atoms with E-state index in [4.69, 9.17) is 0 Å². The molecular formula is C27H30N4O6S. The molecule has 200 valence electrons. The largest absolute Gasteiger partial charge is 0.507 e. The standard InChI is InChI=1S/C27H30N4O6S/c1-28(2)16-17-31-25(34)24(33)22(27(31)20-8-4-5-9-21(20)29(3)26(27)35)23(32)18-10-12-19(13-11-18)38(36,37)30-14-6-7-15-30/h4-5,8-13,32H,6-7,14-17H2,1-3H3. The Labute approximate surface area is 221 Å². The zero-order valence-electron chi connectivity index (χ0n) is 21.5. The molecule has 2 amide bonds. The van der Waals surface area contributed by atoms with Crippen LogP contribution in [0.4, 0.5) is 5.69 Å². The van der Waals surface area contributed by atoms with Gasteiger partial charge in [-0.3, -0.25) is 14.4 Å². The molecular weight excluding hydrogens is 508 g/mol. The lowest BCUT2D eigenvalue weighted by molar-refractivity contribution is -0.143. The van der Waals surface area contributed by atoms with Crippen LogP contribution in [-0.2, 0) is 29.9 Å². The van der Waals surface area contributed by atoms with Crippen molar-refractivity contribution in [3.8, 4) is 0 Å². The lowest BCUT2D eigenvalue weighted by Crippen LogP contribution is -2.52. The quantitative estimate of drug-likeness (QED) is 0.337. The third-order valence-corrected chi connectivity index (χ3v) is 9.45. The maximum Gasteiger partial charge on any atom is 0.296 e. The Morgan fingerprint density at radius 3 is 2.26 bits per heavy atom. The van der Waals surface area contributed by atoms with Crippen LogP contribution in [0.3, 0.4) is 0 Å². The number of aliphatic hydroxyl groups is 1. The average molecular weight is 539 g/mol. The summed E-state index contributed by atoms with van der Waals surface area (Å²) in [5.74, 6) is -2.89. The monoisotopic (exact) mass is 538 g/mol. The number of aliphatic hydroxyl groups excluding tert-OH is 1. The molecule has 10 nitrogen and oxygen atoms in total. The molecule has 38 heavy (non-hydrogen) atoms. The fourth-order valence-corrected chi connectivity index (χ4v) is 7.09. The molecule has 0 aromatic heterocycles. The number of nitrogens with zero attached hydrogens (tertiary/aromatic N) is 4. The summed E-state index contributed by atoms with van der Waals surface area (Å²) in [6, 6.07) is 12.4. The summed E-state index contributed by atoms with van der Waals surface area (Å²) in [5.41, 5.74) is -1.05. The van der Waals surface area contributed by atoms with Crippen LogP contribution in [-0.4, -0.2) is 92.5 Å². The van der Waals surface area contributed by atoms with Crippen molar-refractivity contribution in [1.29, 1.82) is 0 Å². The Kier molecular flexibility index (Phi) is 6.41. The molecule has 1 atom stereocenters. The van der Waals surface area contributed by atoms with Crippen molar-refractivity contribution in [2.75, 3.05) is 52.2 Å². The number of Topliss-reactive ketones (excluding diaryl/α,β-unsaturated/α-hetero) is 1. The van der Waals surface area contributed by atoms with Gasteiger partial charge in [-0.1, -0.05) is 18.2 Å². The van der Waals surface area contributed by atoms with E-state index < -0.39 is 38.9 Å². The highest BCUT2D eigenvalue weighted by atomic mass is 32.2. The minimum Gasteiger partial charge on any atom is -0.507 e. The lowest BCUT2D eigenvalue weighted by atomic mass is 9.82. The van der Waals surface area contributed by atoms with Gasteiger partial charge in [0.15, 0.2) is 5.54 Å². The number of carbonyl (C=O) groups excluding carboxylic acids is 3. The van der Waals surface area contributed by atoms with Crippen LogP contribution in [0, 0.1) is 0 Å². The van der Waals surface area contributed by atoms with Crippen molar-refractivity contribution in [2.45, 2.75) is 23.3 Å². The summed E-state index contributed by atoms with van der Waals surface area (Å²) in [7, 11) is 1.52. The second-order valence-corrected chi connectivity index (χ2v) is 12.0. The minimum absolute atomic E-state index is 0.0686. The smallest absolute Gasteiger partial charge is 0.296 e. The summed E-state index contributed by atoms with van der Waals surface area (Å²) in [6.45, 7) is 1.37. The molecule has 1 spiro atoms. The molecule has 11 heteroatoms. The van der Waals surface area contributed by atoms with Gasteiger partial charge in [-0.05, 0) is 57.3 Å². The maximum absolute atomic E-state index is 13.9. The van der Waals surface area contributed by atoms with E-state index in [1.54, 1.807) is 31.3 Å². The lowest BCUT2D eigenvalue weighted by Gasteiger charge is -2.34. The number of rotatable bonds is 6. The number of para-hydroxylation sites is 1. The van der Waals surface area contributed by atoms with Gasteiger partial charge < -0.3 is 19.8 Å². The second-order valence-electron chi connectivity index (χ2n) is 10.0. The average Bonchev–Trinajstić information content (AvgIpc) is 3.58. The first-order valence-electron chi connectivity index (χ1n) is 12.5. The molecule has 0 aliphatic carbocycles. The molecule has 2 aromatic rings. The number of carbonyl (C=O) groups is 3. The Morgan fingerprint density at radius 2 is 1.63 bits per heavy atom. The van der Waals surface area contributed by atoms with Crippen LogP contribution in [0.15, 0.2) is 59.0 Å². The molecule has 1 unspecified atom stereocenters. The number of hydrogen-bond acceptors (Lipinski definition) is 7. The van der Waals surface area contributed by atoms with E-state index in [2.05, 4.69) is 0 Å². The van der Waals surface area contributed by atoms with Crippen LogP contribution >= 0.6 is 0 Å². The molecule has 2 fully saturated rings. The predicted octanol–water partition coefficient (Wildman–Crippen LogP) is 1.59. The van der Waals surface area contributed by atoms with E-state index in [0.717, 1.165) is 12.8 Å². The predicted molar refractivity (Wildman–Crippen MR) is 141 cm³/mol. The van der Waals surface area contributed by atoms with E-state index in [9.17, 15) is 27.9 Å². The normalized spacial score (nSPS) is 23.3. The minimum atomic E-state index is -3.68. The maximum atomic E-state index is 13.9. The topological polar surface area (TPSA) is 119 Å². The fraction of sp³-hybridized carbons (Fsp3) is 0.370. The SMILES string of the molecule is CN(C)CCN1C(=O)C(=O)C(=C(O)c2ccc(S(=O)(=O)N3CCCC3)cc2)C12C(=O)N(C)c1ccccc12. The third-order valence-electron chi connectivity index (χ3n) is 7.54. The molecule has 3 heterocycles. The van der Waals surface area contributed by atoms with Crippen LogP contribution in [0.2, 0.25) is 0 Å². The highest BCUT2D eigenvalue weighted by Gasteiger charge is 2.66. The first-order chi connectivity index (χ1) is 18.0. The van der Waals surface area contributed by atoms with Gasteiger partial charge in [0.2, 0.25) is 10.0 Å². The summed E-state index contributed by atoms with van der Waals surface area (Å²) in [4.78, 5) is 45.4. The molecule has 0 saturated carbocycles. The van der Waals surface area contributed by atoms with Crippen LogP contribution in [0.25, 0.3) is 5.76 Å². The summed E-state index contributed by atoms with van der Waals surface area (Å²) < 4.78 is 27.3. The molecule has 3 aliphatic rings. The van der Waals surface area contributed by atoms with Crippen LogP contribution < -0.4 is 4.90 Å². The van der Waals surface area contributed by atoms with Gasteiger partial charge in [-0.25, -0.2) is 8.42 Å². The Bertz CT molecular complexity index is 1460. The van der Waals surface area contributed by atoms with Gasteiger partial charge in [0.05, 0.1) is 10.5 Å². The van der Waals surface area contributed by atoms with Crippen LogP contribution in [0.1, 0.15) is 24.0 Å². The number of ketones is 1. The summed E-state index contributed by atoms with van der Waals surface area (Å²) in [5, 5.41) is 11.5. The van der Waals surface area contributed by atoms with Crippen molar-refractivity contribution in [1.82, 2.24) is 14.1 Å². The van der Waals surface area contributed by atoms with E-state index in [0.29, 0.717) is 30.9 Å². The number of sulfonamides is 1. The molecule has 2 saturated heterocycles. The van der Waals surface area contributed by atoms with Crippen LogP contribution in [0.5, 0.6) is 0 Å². The highest BCUT2D eigenvalue weighted by molar-refractivity contribution is 7.89. The Morgan fingerprint density at radius 1 is 1.00 bits per heavy atom. The van der Waals surface area contributed by atoms with E-state index in [1.165, 1.54) is 38.4 Å². The van der Waals surface area contributed by atoms with Gasteiger partial charge >= 0.3 is 0 Å². The first-order valence-corrected chi connectivity index (χ1v) is 13.9. The number of likely N-dealkylation sites (tertiary alicyclic amines) is 1. The van der Waals surface area contributed by atoms with E-state index in [1.807, 2.05) is 19.0 Å². The van der Waals surface area contributed by atoms with Crippen molar-refractivity contribution >= 4 is 39.1 Å². The Hall–Kier alpha value is -3.54. The number of benzene rings is 2.